The lowest BCUT2D eigenvalue weighted by molar-refractivity contribution is -0.122. The Kier molecular flexibility index (Phi) is 4.07. The van der Waals surface area contributed by atoms with Gasteiger partial charge in [-0.2, -0.15) is 0 Å². The highest BCUT2D eigenvalue weighted by Gasteiger charge is 2.48. The number of piperidine rings is 1. The van der Waals surface area contributed by atoms with E-state index in [9.17, 15) is 9.18 Å². The number of nitrogens with one attached hydrogen (secondary N) is 1. The van der Waals surface area contributed by atoms with Crippen molar-refractivity contribution < 1.29 is 9.18 Å². The van der Waals surface area contributed by atoms with Crippen LogP contribution in [0, 0.1) is 5.82 Å². The number of amides is 1. The Morgan fingerprint density at radius 1 is 1.30 bits per heavy atom. The summed E-state index contributed by atoms with van der Waals surface area (Å²) in [5, 5.41) is 2.91. The maximum absolute atomic E-state index is 13.5. The maximum atomic E-state index is 13.5. The van der Waals surface area contributed by atoms with Gasteiger partial charge in [0.05, 0.1) is 5.41 Å². The fraction of sp³-hybridized carbons (Fsp3) is 0.533. The predicted octanol–water partition coefficient (Wildman–Crippen LogP) is 2.94. The molecule has 0 aromatic heterocycles. The molecule has 3 rings (SSSR count). The van der Waals surface area contributed by atoms with E-state index in [-0.39, 0.29) is 24.1 Å². The second-order valence-corrected chi connectivity index (χ2v) is 5.86. The molecule has 20 heavy (non-hydrogen) atoms. The number of likely N-dealkylation sites (tertiary alicyclic amines) is 1. The maximum Gasteiger partial charge on any atom is 0.235 e. The minimum Gasteiger partial charge on any atom is -0.325 e. The van der Waals surface area contributed by atoms with Gasteiger partial charge < -0.3 is 10.2 Å². The van der Waals surface area contributed by atoms with E-state index in [1.54, 1.807) is 6.07 Å². The van der Waals surface area contributed by atoms with Crippen molar-refractivity contribution in [3.8, 4) is 0 Å². The van der Waals surface area contributed by atoms with Gasteiger partial charge in [0.15, 0.2) is 0 Å². The second kappa shape index (κ2) is 5.34. The molecule has 3 nitrogen and oxygen atoms in total. The molecule has 5 heteroatoms. The molecule has 0 unspecified atom stereocenters. The first-order chi connectivity index (χ1) is 9.03. The molecule has 0 bridgehead atoms. The summed E-state index contributed by atoms with van der Waals surface area (Å²) < 4.78 is 13.5. The second-order valence-electron chi connectivity index (χ2n) is 5.86. The van der Waals surface area contributed by atoms with Crippen LogP contribution in [-0.2, 0) is 10.2 Å². The van der Waals surface area contributed by atoms with Crippen LogP contribution >= 0.6 is 12.4 Å². The van der Waals surface area contributed by atoms with Crippen LogP contribution in [0.2, 0.25) is 0 Å². The van der Waals surface area contributed by atoms with Crippen LogP contribution in [-0.4, -0.2) is 29.9 Å². The minimum atomic E-state index is -0.511. The summed E-state index contributed by atoms with van der Waals surface area (Å²) in [5.74, 6) is -0.225. The molecule has 0 saturated carbocycles. The molecule has 1 aromatic rings. The molecule has 1 spiro atoms. The van der Waals surface area contributed by atoms with E-state index in [1.165, 1.54) is 12.1 Å². The zero-order chi connectivity index (χ0) is 13.6. The summed E-state index contributed by atoms with van der Waals surface area (Å²) in [4.78, 5) is 14.7. The number of nitrogens with zero attached hydrogens (tertiary/aromatic N) is 1. The SMILES string of the molecule is CC(C)N1CCC2(CC1)C(=O)Nc1ccc(F)cc12.Cl. The van der Waals surface area contributed by atoms with Crippen LogP contribution in [0.1, 0.15) is 32.3 Å². The van der Waals surface area contributed by atoms with Crippen molar-refractivity contribution in [2.24, 2.45) is 0 Å². The number of hydrogen-bond acceptors (Lipinski definition) is 2. The topological polar surface area (TPSA) is 32.3 Å². The summed E-state index contributed by atoms with van der Waals surface area (Å²) in [6, 6.07) is 5.10. The smallest absolute Gasteiger partial charge is 0.235 e. The predicted molar refractivity (Wildman–Crippen MR) is 79.9 cm³/mol. The van der Waals surface area contributed by atoms with E-state index < -0.39 is 5.41 Å². The fourth-order valence-electron chi connectivity index (χ4n) is 3.30. The lowest BCUT2D eigenvalue weighted by atomic mass is 9.73. The first-order valence-corrected chi connectivity index (χ1v) is 6.88. The highest BCUT2D eigenvalue weighted by Crippen LogP contribution is 2.45. The molecular weight excluding hydrogens is 279 g/mol. The number of halogens is 2. The molecule has 0 aliphatic carbocycles. The van der Waals surface area contributed by atoms with Crippen molar-refractivity contribution in [2.45, 2.75) is 38.1 Å². The lowest BCUT2D eigenvalue weighted by Crippen LogP contribution is -2.48. The summed E-state index contributed by atoms with van der Waals surface area (Å²) in [6.07, 6.45) is 1.54. The van der Waals surface area contributed by atoms with Gasteiger partial charge in [0, 0.05) is 11.7 Å². The van der Waals surface area contributed by atoms with Crippen LogP contribution in [0.3, 0.4) is 0 Å². The van der Waals surface area contributed by atoms with Gasteiger partial charge in [-0.1, -0.05) is 0 Å². The molecule has 1 aromatic carbocycles. The summed E-state index contributed by atoms with van der Waals surface area (Å²) in [5.41, 5.74) is 1.12. The quantitative estimate of drug-likeness (QED) is 0.864. The Morgan fingerprint density at radius 3 is 2.55 bits per heavy atom. The molecule has 1 amide bonds. The van der Waals surface area contributed by atoms with Crippen LogP contribution in [0.4, 0.5) is 10.1 Å². The van der Waals surface area contributed by atoms with Crippen molar-refractivity contribution in [3.05, 3.63) is 29.6 Å². The minimum absolute atomic E-state index is 0. The largest absolute Gasteiger partial charge is 0.325 e. The third-order valence-electron chi connectivity index (χ3n) is 4.56. The van der Waals surface area contributed by atoms with Gasteiger partial charge in [0.25, 0.3) is 0 Å². The standard InChI is InChI=1S/C15H19FN2O.ClH/c1-10(2)18-7-5-15(6-8-18)12-9-11(16)3-4-13(12)17-14(15)19;/h3-4,9-10H,5-8H2,1-2H3,(H,17,19);1H. The highest BCUT2D eigenvalue weighted by molar-refractivity contribution is 6.06. The average molecular weight is 299 g/mol. The molecule has 0 atom stereocenters. The van der Waals surface area contributed by atoms with Crippen molar-refractivity contribution in [2.75, 3.05) is 18.4 Å². The van der Waals surface area contributed by atoms with Gasteiger partial charge in [-0.05, 0) is 63.5 Å². The van der Waals surface area contributed by atoms with E-state index in [0.29, 0.717) is 6.04 Å². The van der Waals surface area contributed by atoms with Gasteiger partial charge in [-0.25, -0.2) is 4.39 Å². The van der Waals surface area contributed by atoms with Gasteiger partial charge in [0.2, 0.25) is 5.91 Å². The molecule has 1 N–H and O–H groups in total. The van der Waals surface area contributed by atoms with Crippen LogP contribution in [0.5, 0.6) is 0 Å². The van der Waals surface area contributed by atoms with E-state index >= 15 is 0 Å². The fourth-order valence-corrected chi connectivity index (χ4v) is 3.30. The Morgan fingerprint density at radius 2 is 1.95 bits per heavy atom. The van der Waals surface area contributed by atoms with Crippen LogP contribution < -0.4 is 5.32 Å². The number of fused-ring (bicyclic) bond motifs is 2. The summed E-state index contributed by atoms with van der Waals surface area (Å²) in [6.45, 7) is 6.11. The van der Waals surface area contributed by atoms with Gasteiger partial charge in [0.1, 0.15) is 5.82 Å². The monoisotopic (exact) mass is 298 g/mol. The van der Waals surface area contributed by atoms with E-state index in [0.717, 1.165) is 37.2 Å². The normalized spacial score (nSPS) is 20.7. The van der Waals surface area contributed by atoms with Crippen molar-refractivity contribution in [1.29, 1.82) is 0 Å². The van der Waals surface area contributed by atoms with Crippen molar-refractivity contribution in [1.82, 2.24) is 4.90 Å². The Bertz CT molecular complexity index is 525. The third-order valence-corrected chi connectivity index (χ3v) is 4.56. The highest BCUT2D eigenvalue weighted by atomic mass is 35.5. The van der Waals surface area contributed by atoms with Gasteiger partial charge in [-0.15, -0.1) is 12.4 Å². The molecule has 2 heterocycles. The number of carbonyl (C=O) groups is 1. The number of benzene rings is 1. The van der Waals surface area contributed by atoms with Crippen LogP contribution in [0.25, 0.3) is 0 Å². The number of anilines is 1. The number of carbonyl (C=O) groups excluding carboxylic acids is 1. The Labute approximate surface area is 124 Å². The zero-order valence-corrected chi connectivity index (χ0v) is 12.6. The lowest BCUT2D eigenvalue weighted by Gasteiger charge is -2.39. The molecule has 2 aliphatic rings. The number of rotatable bonds is 1. The van der Waals surface area contributed by atoms with E-state index in [2.05, 4.69) is 24.1 Å². The zero-order valence-electron chi connectivity index (χ0n) is 11.8. The molecule has 1 fully saturated rings. The third kappa shape index (κ3) is 2.21. The summed E-state index contributed by atoms with van der Waals surface area (Å²) >= 11 is 0. The van der Waals surface area contributed by atoms with Gasteiger partial charge >= 0.3 is 0 Å². The van der Waals surface area contributed by atoms with E-state index in [1.807, 2.05) is 0 Å². The summed E-state index contributed by atoms with van der Waals surface area (Å²) in [7, 11) is 0. The Hall–Kier alpha value is -1.13. The number of hydrogen-bond donors (Lipinski definition) is 1. The van der Waals surface area contributed by atoms with E-state index in [4.69, 9.17) is 0 Å². The molecule has 2 aliphatic heterocycles. The molecule has 110 valence electrons. The van der Waals surface area contributed by atoms with Crippen LogP contribution in [0.15, 0.2) is 18.2 Å². The first-order valence-electron chi connectivity index (χ1n) is 6.88. The molecular formula is C15H20ClFN2O. The van der Waals surface area contributed by atoms with Crippen molar-refractivity contribution >= 4 is 24.0 Å². The first kappa shape index (κ1) is 15.3. The molecule has 0 radical (unpaired) electrons. The Balaban J connectivity index is 0.00000147. The molecule has 1 saturated heterocycles. The van der Waals surface area contributed by atoms with Crippen molar-refractivity contribution in [3.63, 3.8) is 0 Å². The van der Waals surface area contributed by atoms with Gasteiger partial charge in [-0.3, -0.25) is 4.79 Å². The average Bonchev–Trinajstić information content (AvgIpc) is 2.64.